The smallest absolute Gasteiger partial charge is 0.164 e. The SMILES string of the molecule is CC(C)(C)c1ccc2c(-c3ncnc4sc5ccc6ccccc6c5c34)[c-]ccc2c1.CCC(C)(CC)C(=O)/C=C(\O)C(C)(CC)CC.[Ir]. The molecule has 1 N–H and O–H groups in total. The average molecular weight is 850 g/mol. The van der Waals surface area contributed by atoms with Crippen molar-refractivity contribution in [3.05, 3.63) is 96.5 Å². The van der Waals surface area contributed by atoms with Crippen molar-refractivity contribution < 1.29 is 30.0 Å². The van der Waals surface area contributed by atoms with Crippen LogP contribution in [-0.4, -0.2) is 20.9 Å². The maximum atomic E-state index is 12.2. The number of rotatable bonds is 8. The number of hydrogen-bond acceptors (Lipinski definition) is 5. The monoisotopic (exact) mass is 850 g/mol. The Morgan fingerprint density at radius 1 is 0.796 bits per heavy atom. The first-order valence-electron chi connectivity index (χ1n) is 17.3. The molecule has 0 aliphatic rings. The van der Waals surface area contributed by atoms with E-state index in [1.807, 2.05) is 47.6 Å². The van der Waals surface area contributed by atoms with E-state index in [2.05, 4.69) is 92.5 Å². The van der Waals surface area contributed by atoms with Gasteiger partial charge in [0.25, 0.3) is 0 Å². The minimum absolute atomic E-state index is 0. The van der Waals surface area contributed by atoms with Crippen molar-refractivity contribution in [2.75, 3.05) is 0 Å². The van der Waals surface area contributed by atoms with Gasteiger partial charge < -0.3 is 5.11 Å². The van der Waals surface area contributed by atoms with E-state index in [9.17, 15) is 9.90 Å². The fourth-order valence-electron chi connectivity index (χ4n) is 6.13. The standard InChI is InChI=1S/C28H21N2S.C15H28O2.Ir/c1-28(2,3)19-12-13-20-18(15-19)8-6-10-22(20)26-25-24-21-9-5-4-7-17(21)11-14-23(24)31-27(25)30-16-29-26;1-7-14(5,8-2)12(16)11-13(17)15(6,9-3)10-4;/h4-9,11-16H,1-3H3;11,16H,7-10H2,1-6H3;/q-1;;/b;12-11-;. The quantitative estimate of drug-likeness (QED) is 0.0941. The molecule has 2 heterocycles. The zero-order valence-electron chi connectivity index (χ0n) is 30.3. The molecular weight excluding hydrogens is 801 g/mol. The topological polar surface area (TPSA) is 63.1 Å². The van der Waals surface area contributed by atoms with Crippen molar-refractivity contribution in [1.29, 1.82) is 0 Å². The third-order valence-electron chi connectivity index (χ3n) is 10.7. The molecule has 6 rings (SSSR count). The Morgan fingerprint density at radius 3 is 2.12 bits per heavy atom. The molecule has 0 spiro atoms. The summed E-state index contributed by atoms with van der Waals surface area (Å²) < 4.78 is 1.24. The molecular formula is C43H49IrN2O2S-. The first-order valence-corrected chi connectivity index (χ1v) is 18.1. The van der Waals surface area contributed by atoms with Crippen LogP contribution in [0.15, 0.2) is 84.9 Å². The maximum absolute atomic E-state index is 12.2. The Kier molecular flexibility index (Phi) is 11.9. The number of aromatic nitrogens is 2. The maximum Gasteiger partial charge on any atom is 0.164 e. The van der Waals surface area contributed by atoms with Crippen LogP contribution in [0, 0.1) is 16.9 Å². The summed E-state index contributed by atoms with van der Waals surface area (Å²) in [5.41, 5.74) is 2.84. The third-order valence-corrected chi connectivity index (χ3v) is 11.7. The molecule has 0 unspecified atom stereocenters. The van der Waals surface area contributed by atoms with Gasteiger partial charge in [-0.25, -0.2) is 4.98 Å². The number of hydrogen-bond donors (Lipinski definition) is 1. The van der Waals surface area contributed by atoms with Crippen LogP contribution in [0.25, 0.3) is 53.1 Å². The van der Waals surface area contributed by atoms with E-state index in [1.54, 1.807) is 17.7 Å². The molecule has 259 valence electrons. The summed E-state index contributed by atoms with van der Waals surface area (Å²) in [5, 5.41) is 17.4. The van der Waals surface area contributed by atoms with Crippen molar-refractivity contribution >= 4 is 59.0 Å². The summed E-state index contributed by atoms with van der Waals surface area (Å²) in [6.07, 6.45) is 6.44. The second-order valence-corrected chi connectivity index (χ2v) is 15.5. The summed E-state index contributed by atoms with van der Waals surface area (Å²) in [7, 11) is 0. The number of carbonyl (C=O) groups is 1. The number of nitrogens with zero attached hydrogens (tertiary/aromatic N) is 2. The Hall–Kier alpha value is -3.44. The molecule has 0 amide bonds. The predicted octanol–water partition coefficient (Wildman–Crippen LogP) is 12.6. The van der Waals surface area contributed by atoms with E-state index in [1.165, 1.54) is 43.3 Å². The summed E-state index contributed by atoms with van der Waals surface area (Å²) >= 11 is 1.73. The zero-order chi connectivity index (χ0) is 34.9. The summed E-state index contributed by atoms with van der Waals surface area (Å²) in [6.45, 7) is 18.8. The van der Waals surface area contributed by atoms with Gasteiger partial charge in [-0.05, 0) is 53.5 Å². The van der Waals surface area contributed by atoms with E-state index in [0.29, 0.717) is 0 Å². The molecule has 0 bridgehead atoms. The molecule has 4 aromatic carbocycles. The van der Waals surface area contributed by atoms with Crippen LogP contribution in [0.4, 0.5) is 0 Å². The van der Waals surface area contributed by atoms with E-state index >= 15 is 0 Å². The molecule has 1 radical (unpaired) electrons. The fourth-order valence-corrected chi connectivity index (χ4v) is 7.19. The van der Waals surface area contributed by atoms with Crippen LogP contribution in [0.5, 0.6) is 0 Å². The van der Waals surface area contributed by atoms with Gasteiger partial charge in [0.15, 0.2) is 5.78 Å². The van der Waals surface area contributed by atoms with Crippen molar-refractivity contribution in [2.45, 2.75) is 93.4 Å². The molecule has 0 aliphatic heterocycles. The summed E-state index contributed by atoms with van der Waals surface area (Å²) in [5.74, 6) is 0.286. The normalized spacial score (nSPS) is 12.6. The van der Waals surface area contributed by atoms with Crippen molar-refractivity contribution in [1.82, 2.24) is 9.97 Å². The van der Waals surface area contributed by atoms with Crippen LogP contribution in [0.2, 0.25) is 0 Å². The predicted molar refractivity (Wildman–Crippen MR) is 206 cm³/mol. The number of allylic oxidation sites excluding steroid dienone is 2. The minimum atomic E-state index is -0.337. The number of benzene rings is 4. The Bertz CT molecular complexity index is 2130. The van der Waals surface area contributed by atoms with Crippen LogP contribution < -0.4 is 0 Å². The number of fused-ring (bicyclic) bond motifs is 6. The van der Waals surface area contributed by atoms with Gasteiger partial charge in [0.05, 0.1) is 0 Å². The second kappa shape index (κ2) is 15.2. The number of ketones is 1. The van der Waals surface area contributed by atoms with Crippen molar-refractivity contribution in [2.24, 2.45) is 10.8 Å². The minimum Gasteiger partial charge on any atom is -0.512 e. The second-order valence-electron chi connectivity index (χ2n) is 14.5. The largest absolute Gasteiger partial charge is 0.512 e. The Balaban J connectivity index is 0.000000260. The number of aliphatic hydroxyl groups excluding tert-OH is 1. The first-order chi connectivity index (χ1) is 22.8. The number of carbonyl (C=O) groups excluding carboxylic acids is 1. The van der Waals surface area contributed by atoms with E-state index in [0.717, 1.165) is 47.2 Å². The molecule has 0 atom stereocenters. The van der Waals surface area contributed by atoms with E-state index in [4.69, 9.17) is 4.98 Å². The molecule has 0 fully saturated rings. The molecule has 49 heavy (non-hydrogen) atoms. The van der Waals surface area contributed by atoms with Gasteiger partial charge in [-0.2, -0.15) is 0 Å². The molecule has 6 aromatic rings. The molecule has 6 heteroatoms. The van der Waals surface area contributed by atoms with Gasteiger partial charge >= 0.3 is 0 Å². The van der Waals surface area contributed by atoms with E-state index < -0.39 is 0 Å². The zero-order valence-corrected chi connectivity index (χ0v) is 33.5. The van der Waals surface area contributed by atoms with Gasteiger partial charge in [0, 0.05) is 58.2 Å². The van der Waals surface area contributed by atoms with Gasteiger partial charge in [0.1, 0.15) is 16.9 Å². The van der Waals surface area contributed by atoms with Crippen LogP contribution >= 0.6 is 11.3 Å². The van der Waals surface area contributed by atoms with Crippen molar-refractivity contribution in [3.8, 4) is 11.3 Å². The number of aliphatic hydroxyl groups is 1. The van der Waals surface area contributed by atoms with Crippen LogP contribution in [0.1, 0.15) is 93.6 Å². The molecule has 0 aliphatic carbocycles. The van der Waals surface area contributed by atoms with Gasteiger partial charge in [-0.15, -0.1) is 40.5 Å². The van der Waals surface area contributed by atoms with Crippen LogP contribution in [-0.2, 0) is 30.3 Å². The Labute approximate surface area is 309 Å². The van der Waals surface area contributed by atoms with Gasteiger partial charge in [-0.1, -0.05) is 116 Å². The number of thiophene rings is 1. The molecule has 0 saturated carbocycles. The third kappa shape index (κ3) is 7.53. The van der Waals surface area contributed by atoms with Crippen molar-refractivity contribution in [3.63, 3.8) is 0 Å². The Morgan fingerprint density at radius 2 is 1.47 bits per heavy atom. The molecule has 0 saturated heterocycles. The first kappa shape index (κ1) is 38.4. The average Bonchev–Trinajstić information content (AvgIpc) is 3.50. The van der Waals surface area contributed by atoms with Crippen LogP contribution in [0.3, 0.4) is 0 Å². The molecule has 2 aromatic heterocycles. The van der Waals surface area contributed by atoms with Gasteiger partial charge in [0.2, 0.25) is 0 Å². The summed E-state index contributed by atoms with van der Waals surface area (Å²) in [4.78, 5) is 22.6. The van der Waals surface area contributed by atoms with E-state index in [-0.39, 0.29) is 47.9 Å². The molecule has 4 nitrogen and oxygen atoms in total. The van der Waals surface area contributed by atoms with Gasteiger partial charge in [-0.3, -0.25) is 9.78 Å². The fraction of sp³-hybridized carbons (Fsp3) is 0.372. The summed E-state index contributed by atoms with van der Waals surface area (Å²) in [6, 6.07) is 27.4.